The molecule has 0 saturated heterocycles. The third kappa shape index (κ3) is 3.38. The lowest BCUT2D eigenvalue weighted by Crippen LogP contribution is -2.27. The second-order valence-corrected chi connectivity index (χ2v) is 7.79. The highest BCUT2D eigenvalue weighted by molar-refractivity contribution is 7.16. The number of rotatable bonds is 1. The predicted octanol–water partition coefficient (Wildman–Crippen LogP) is 4.65. The Labute approximate surface area is 130 Å². The van der Waals surface area contributed by atoms with E-state index in [1.54, 1.807) is 0 Å². The molecule has 0 bridgehead atoms. The fraction of sp³-hybridized carbons (Fsp3) is 0.625. The molecule has 21 heavy (non-hydrogen) atoms. The van der Waals surface area contributed by atoms with Crippen LogP contribution in [-0.4, -0.2) is 11.7 Å². The largest absolute Gasteiger partial charge is 0.444 e. The molecule has 0 spiro atoms. The summed E-state index contributed by atoms with van der Waals surface area (Å²) in [7, 11) is 0. The van der Waals surface area contributed by atoms with Crippen LogP contribution in [0.15, 0.2) is 0 Å². The number of hydrogen-bond donors (Lipinski definition) is 1. The Kier molecular flexibility index (Phi) is 4.29. The van der Waals surface area contributed by atoms with Crippen LogP contribution in [0.25, 0.3) is 0 Å². The van der Waals surface area contributed by atoms with Gasteiger partial charge in [0.25, 0.3) is 0 Å². The van der Waals surface area contributed by atoms with Crippen molar-refractivity contribution in [2.24, 2.45) is 5.92 Å². The van der Waals surface area contributed by atoms with E-state index in [1.807, 2.05) is 20.8 Å². The Balaban J connectivity index is 2.29. The van der Waals surface area contributed by atoms with Crippen molar-refractivity contribution in [1.82, 2.24) is 0 Å². The van der Waals surface area contributed by atoms with Gasteiger partial charge in [-0.25, -0.2) is 4.79 Å². The molecule has 1 amide bonds. The van der Waals surface area contributed by atoms with Gasteiger partial charge >= 0.3 is 6.09 Å². The second-order valence-electron chi connectivity index (χ2n) is 6.69. The summed E-state index contributed by atoms with van der Waals surface area (Å²) in [6, 6.07) is 2.26. The van der Waals surface area contributed by atoms with E-state index in [4.69, 9.17) is 4.74 Å². The van der Waals surface area contributed by atoms with Crippen LogP contribution in [0.1, 0.15) is 63.0 Å². The van der Waals surface area contributed by atoms with Crippen molar-refractivity contribution < 1.29 is 9.53 Å². The molecular formula is C16H22N2O2S. The van der Waals surface area contributed by atoms with Gasteiger partial charge in [0.1, 0.15) is 16.7 Å². The maximum atomic E-state index is 11.9. The molecule has 114 valence electrons. The Morgan fingerprint density at radius 3 is 2.67 bits per heavy atom. The van der Waals surface area contributed by atoms with E-state index in [0.717, 1.165) is 18.4 Å². The molecule has 1 heterocycles. The molecule has 0 saturated carbocycles. The number of carbonyl (C=O) groups is 1. The van der Waals surface area contributed by atoms with E-state index >= 15 is 0 Å². The van der Waals surface area contributed by atoms with Crippen molar-refractivity contribution >= 4 is 22.4 Å². The minimum absolute atomic E-state index is 0.355. The first kappa shape index (κ1) is 15.8. The second kappa shape index (κ2) is 5.69. The average Bonchev–Trinajstić information content (AvgIpc) is 2.69. The van der Waals surface area contributed by atoms with E-state index in [-0.39, 0.29) is 0 Å². The Hall–Kier alpha value is -1.54. The van der Waals surface area contributed by atoms with Gasteiger partial charge in [-0.05, 0) is 51.0 Å². The van der Waals surface area contributed by atoms with E-state index in [9.17, 15) is 10.1 Å². The number of carbonyl (C=O) groups excluding carboxylic acids is 1. The van der Waals surface area contributed by atoms with Crippen molar-refractivity contribution in [3.8, 4) is 6.07 Å². The SMILES string of the molecule is CC1CCc2sc(NC(=O)OC(C)(C)C)c(C#N)c2C1C. The molecule has 2 unspecified atom stereocenters. The average molecular weight is 306 g/mol. The van der Waals surface area contributed by atoms with Crippen LogP contribution < -0.4 is 5.32 Å². The van der Waals surface area contributed by atoms with Crippen LogP contribution in [0.2, 0.25) is 0 Å². The van der Waals surface area contributed by atoms with Crippen molar-refractivity contribution in [2.75, 3.05) is 5.32 Å². The number of nitrogens with zero attached hydrogens (tertiary/aromatic N) is 1. The molecule has 1 aromatic rings. The van der Waals surface area contributed by atoms with Crippen LogP contribution in [-0.2, 0) is 11.2 Å². The lowest BCUT2D eigenvalue weighted by Gasteiger charge is -2.26. The summed E-state index contributed by atoms with van der Waals surface area (Å²) in [6.07, 6.45) is 1.61. The van der Waals surface area contributed by atoms with Gasteiger partial charge in [0.2, 0.25) is 0 Å². The molecular weight excluding hydrogens is 284 g/mol. The highest BCUT2D eigenvalue weighted by atomic mass is 32.1. The number of thiophene rings is 1. The zero-order chi connectivity index (χ0) is 15.8. The molecule has 0 fully saturated rings. The summed E-state index contributed by atoms with van der Waals surface area (Å²) >= 11 is 1.51. The molecule has 1 aliphatic rings. The van der Waals surface area contributed by atoms with Crippen LogP contribution in [0.4, 0.5) is 9.80 Å². The highest BCUT2D eigenvalue weighted by Crippen LogP contribution is 2.45. The summed E-state index contributed by atoms with van der Waals surface area (Å²) in [5.74, 6) is 0.919. The third-order valence-electron chi connectivity index (χ3n) is 3.88. The quantitative estimate of drug-likeness (QED) is 0.821. The Morgan fingerprint density at radius 1 is 1.43 bits per heavy atom. The molecule has 0 radical (unpaired) electrons. The number of anilines is 1. The standard InChI is InChI=1S/C16H22N2O2S/c1-9-6-7-12-13(10(9)2)11(8-17)14(21-12)18-15(19)20-16(3,4)5/h9-10H,6-7H2,1-5H3,(H,18,19). The zero-order valence-corrected chi connectivity index (χ0v) is 14.1. The predicted molar refractivity (Wildman–Crippen MR) is 84.8 cm³/mol. The number of nitriles is 1. The topological polar surface area (TPSA) is 62.1 Å². The lowest BCUT2D eigenvalue weighted by atomic mass is 9.79. The summed E-state index contributed by atoms with van der Waals surface area (Å²) < 4.78 is 5.27. The number of nitrogens with one attached hydrogen (secondary N) is 1. The van der Waals surface area contributed by atoms with Gasteiger partial charge in [0, 0.05) is 4.88 Å². The van der Waals surface area contributed by atoms with Gasteiger partial charge in [-0.2, -0.15) is 5.26 Å². The van der Waals surface area contributed by atoms with E-state index in [1.165, 1.54) is 16.2 Å². The highest BCUT2D eigenvalue weighted by Gasteiger charge is 2.30. The molecule has 0 aromatic carbocycles. The van der Waals surface area contributed by atoms with Gasteiger partial charge < -0.3 is 4.74 Å². The number of hydrogen-bond acceptors (Lipinski definition) is 4. The number of aryl methyl sites for hydroxylation is 1. The first-order valence-electron chi connectivity index (χ1n) is 7.28. The van der Waals surface area contributed by atoms with E-state index in [0.29, 0.717) is 22.4 Å². The van der Waals surface area contributed by atoms with Crippen LogP contribution >= 0.6 is 11.3 Å². The van der Waals surface area contributed by atoms with Gasteiger partial charge in [0.05, 0.1) is 5.56 Å². The molecule has 1 N–H and O–H groups in total. The molecule has 4 nitrogen and oxygen atoms in total. The minimum Gasteiger partial charge on any atom is -0.444 e. The maximum absolute atomic E-state index is 11.9. The Morgan fingerprint density at radius 2 is 2.10 bits per heavy atom. The van der Waals surface area contributed by atoms with E-state index < -0.39 is 11.7 Å². The Bertz CT molecular complexity index is 593. The van der Waals surface area contributed by atoms with Crippen molar-refractivity contribution in [1.29, 1.82) is 5.26 Å². The van der Waals surface area contributed by atoms with Crippen LogP contribution in [0.3, 0.4) is 0 Å². The monoisotopic (exact) mass is 306 g/mol. The first-order chi connectivity index (χ1) is 9.73. The van der Waals surface area contributed by atoms with Crippen molar-refractivity contribution in [3.05, 3.63) is 16.0 Å². The van der Waals surface area contributed by atoms with Crippen molar-refractivity contribution in [3.63, 3.8) is 0 Å². The summed E-state index contributed by atoms with van der Waals surface area (Å²) in [5.41, 5.74) is 1.18. The fourth-order valence-electron chi connectivity index (χ4n) is 2.65. The zero-order valence-electron chi connectivity index (χ0n) is 13.2. The number of amides is 1. The van der Waals surface area contributed by atoms with Crippen molar-refractivity contribution in [2.45, 2.75) is 59.0 Å². The van der Waals surface area contributed by atoms with Crippen LogP contribution in [0, 0.1) is 17.2 Å². The first-order valence-corrected chi connectivity index (χ1v) is 8.10. The fourth-order valence-corrected chi connectivity index (χ4v) is 3.90. The van der Waals surface area contributed by atoms with Gasteiger partial charge in [-0.3, -0.25) is 5.32 Å². The van der Waals surface area contributed by atoms with Gasteiger partial charge in [0.15, 0.2) is 0 Å². The normalized spacial score (nSPS) is 21.3. The lowest BCUT2D eigenvalue weighted by molar-refractivity contribution is 0.0636. The summed E-state index contributed by atoms with van der Waals surface area (Å²) in [5, 5.41) is 12.8. The molecule has 5 heteroatoms. The molecule has 2 rings (SSSR count). The van der Waals surface area contributed by atoms with E-state index in [2.05, 4.69) is 25.2 Å². The number of ether oxygens (including phenoxy) is 1. The smallest absolute Gasteiger partial charge is 0.412 e. The summed E-state index contributed by atoms with van der Waals surface area (Å²) in [4.78, 5) is 13.1. The third-order valence-corrected chi connectivity index (χ3v) is 5.06. The molecule has 1 aliphatic carbocycles. The minimum atomic E-state index is -0.546. The van der Waals surface area contributed by atoms with Crippen LogP contribution in [0.5, 0.6) is 0 Å². The van der Waals surface area contributed by atoms with Gasteiger partial charge in [-0.1, -0.05) is 13.8 Å². The number of fused-ring (bicyclic) bond motifs is 1. The molecule has 1 aromatic heterocycles. The molecule has 0 aliphatic heterocycles. The summed E-state index contributed by atoms with van der Waals surface area (Å²) in [6.45, 7) is 9.84. The van der Waals surface area contributed by atoms with Gasteiger partial charge in [-0.15, -0.1) is 11.3 Å². The molecule has 2 atom stereocenters. The maximum Gasteiger partial charge on any atom is 0.412 e.